The number of rotatable bonds is 4. The molecule has 1 aromatic heterocycles. The molecule has 1 heterocycles. The second-order valence-electron chi connectivity index (χ2n) is 4.31. The third-order valence-corrected chi connectivity index (χ3v) is 2.57. The molecule has 88 valence electrons. The van der Waals surface area contributed by atoms with E-state index in [2.05, 4.69) is 4.98 Å². The molecular formula is C14H15NO2. The molecule has 0 fully saturated rings. The Kier molecular flexibility index (Phi) is 3.38. The molecule has 3 heteroatoms. The van der Waals surface area contributed by atoms with E-state index in [0.717, 1.165) is 5.56 Å². The van der Waals surface area contributed by atoms with E-state index in [0.29, 0.717) is 18.0 Å². The van der Waals surface area contributed by atoms with Gasteiger partial charge in [0, 0.05) is 11.5 Å². The zero-order valence-corrected chi connectivity index (χ0v) is 10.0. The van der Waals surface area contributed by atoms with E-state index in [1.807, 2.05) is 44.2 Å². The maximum atomic E-state index is 11.6. The SMILES string of the molecule is CC(C)C(=O)Cc1coc(-c2ccccc2)n1. The predicted octanol–water partition coefficient (Wildman–Crippen LogP) is 3.11. The van der Waals surface area contributed by atoms with Crippen LogP contribution in [0.5, 0.6) is 0 Å². The fraction of sp³-hybridized carbons (Fsp3) is 0.286. The van der Waals surface area contributed by atoms with Crippen molar-refractivity contribution < 1.29 is 9.21 Å². The Morgan fingerprint density at radius 3 is 2.65 bits per heavy atom. The van der Waals surface area contributed by atoms with Gasteiger partial charge in [-0.15, -0.1) is 0 Å². The standard InChI is InChI=1S/C14H15NO2/c1-10(2)13(16)8-12-9-17-14(15-12)11-6-4-3-5-7-11/h3-7,9-10H,8H2,1-2H3. The summed E-state index contributed by atoms with van der Waals surface area (Å²) in [6.07, 6.45) is 1.90. The summed E-state index contributed by atoms with van der Waals surface area (Å²) < 4.78 is 5.37. The fourth-order valence-corrected chi connectivity index (χ4v) is 1.48. The van der Waals surface area contributed by atoms with E-state index in [4.69, 9.17) is 4.42 Å². The van der Waals surface area contributed by atoms with Crippen molar-refractivity contribution in [3.63, 3.8) is 0 Å². The van der Waals surface area contributed by atoms with Crippen LogP contribution >= 0.6 is 0 Å². The molecule has 1 aromatic carbocycles. The maximum Gasteiger partial charge on any atom is 0.226 e. The van der Waals surface area contributed by atoms with Crippen LogP contribution in [0.3, 0.4) is 0 Å². The monoisotopic (exact) mass is 229 g/mol. The van der Waals surface area contributed by atoms with Crippen LogP contribution in [0.25, 0.3) is 11.5 Å². The van der Waals surface area contributed by atoms with Crippen molar-refractivity contribution in [2.75, 3.05) is 0 Å². The number of Topliss-reactive ketones (excluding diaryl/α,β-unsaturated/α-hetero) is 1. The van der Waals surface area contributed by atoms with Gasteiger partial charge in [-0.1, -0.05) is 32.0 Å². The van der Waals surface area contributed by atoms with Gasteiger partial charge in [-0.2, -0.15) is 0 Å². The Bertz CT molecular complexity index is 500. The van der Waals surface area contributed by atoms with Gasteiger partial charge in [-0.05, 0) is 12.1 Å². The van der Waals surface area contributed by atoms with Crippen molar-refractivity contribution in [1.82, 2.24) is 4.98 Å². The molecule has 0 saturated heterocycles. The van der Waals surface area contributed by atoms with Crippen molar-refractivity contribution >= 4 is 5.78 Å². The zero-order valence-electron chi connectivity index (χ0n) is 10.0. The molecule has 0 aliphatic carbocycles. The van der Waals surface area contributed by atoms with Crippen LogP contribution in [-0.4, -0.2) is 10.8 Å². The first-order valence-electron chi connectivity index (χ1n) is 5.69. The largest absolute Gasteiger partial charge is 0.444 e. The summed E-state index contributed by atoms with van der Waals surface area (Å²) in [7, 11) is 0. The Morgan fingerprint density at radius 1 is 1.29 bits per heavy atom. The summed E-state index contributed by atoms with van der Waals surface area (Å²) >= 11 is 0. The third kappa shape index (κ3) is 2.81. The summed E-state index contributed by atoms with van der Waals surface area (Å²) in [6, 6.07) is 9.66. The number of oxazole rings is 1. The number of benzene rings is 1. The van der Waals surface area contributed by atoms with E-state index >= 15 is 0 Å². The number of ketones is 1. The van der Waals surface area contributed by atoms with Gasteiger partial charge in [0.25, 0.3) is 0 Å². The van der Waals surface area contributed by atoms with Crippen molar-refractivity contribution in [1.29, 1.82) is 0 Å². The van der Waals surface area contributed by atoms with Gasteiger partial charge in [-0.3, -0.25) is 4.79 Å². The van der Waals surface area contributed by atoms with Crippen molar-refractivity contribution in [3.05, 3.63) is 42.3 Å². The van der Waals surface area contributed by atoms with Crippen molar-refractivity contribution in [3.8, 4) is 11.5 Å². The van der Waals surface area contributed by atoms with E-state index in [9.17, 15) is 4.79 Å². The molecule has 0 N–H and O–H groups in total. The number of nitrogens with zero attached hydrogens (tertiary/aromatic N) is 1. The summed E-state index contributed by atoms with van der Waals surface area (Å²) in [6.45, 7) is 3.78. The number of hydrogen-bond acceptors (Lipinski definition) is 3. The molecule has 0 spiro atoms. The van der Waals surface area contributed by atoms with Gasteiger partial charge in [0.2, 0.25) is 5.89 Å². The van der Waals surface area contributed by atoms with Crippen LogP contribution in [0, 0.1) is 5.92 Å². The molecule has 0 atom stereocenters. The quantitative estimate of drug-likeness (QED) is 0.809. The summed E-state index contributed by atoms with van der Waals surface area (Å²) in [5.41, 5.74) is 1.62. The minimum atomic E-state index is 0.0341. The molecule has 0 unspecified atom stereocenters. The minimum absolute atomic E-state index is 0.0341. The number of aromatic nitrogens is 1. The maximum absolute atomic E-state index is 11.6. The van der Waals surface area contributed by atoms with Crippen molar-refractivity contribution in [2.24, 2.45) is 5.92 Å². The van der Waals surface area contributed by atoms with Gasteiger partial charge in [0.1, 0.15) is 12.0 Å². The van der Waals surface area contributed by atoms with Crippen LogP contribution in [0.1, 0.15) is 19.5 Å². The first-order valence-corrected chi connectivity index (χ1v) is 5.69. The number of hydrogen-bond donors (Lipinski definition) is 0. The molecule has 0 bridgehead atoms. The highest BCUT2D eigenvalue weighted by molar-refractivity contribution is 5.82. The minimum Gasteiger partial charge on any atom is -0.444 e. The lowest BCUT2D eigenvalue weighted by Crippen LogP contribution is -2.10. The second-order valence-corrected chi connectivity index (χ2v) is 4.31. The van der Waals surface area contributed by atoms with Crippen LogP contribution in [0.4, 0.5) is 0 Å². The van der Waals surface area contributed by atoms with Crippen LogP contribution < -0.4 is 0 Å². The Morgan fingerprint density at radius 2 is 2.00 bits per heavy atom. The first-order chi connectivity index (χ1) is 8.16. The van der Waals surface area contributed by atoms with E-state index in [-0.39, 0.29) is 11.7 Å². The lowest BCUT2D eigenvalue weighted by molar-refractivity contribution is -0.121. The molecule has 0 radical (unpaired) electrons. The van der Waals surface area contributed by atoms with Gasteiger partial charge in [0.15, 0.2) is 0 Å². The predicted molar refractivity (Wildman–Crippen MR) is 65.5 cm³/mol. The summed E-state index contributed by atoms with van der Waals surface area (Å²) in [5.74, 6) is 0.780. The molecule has 2 aromatic rings. The number of carbonyl (C=O) groups is 1. The molecule has 0 saturated carbocycles. The molecular weight excluding hydrogens is 214 g/mol. The lowest BCUT2D eigenvalue weighted by atomic mass is 10.1. The summed E-state index contributed by atoms with van der Waals surface area (Å²) in [4.78, 5) is 15.9. The van der Waals surface area contributed by atoms with E-state index < -0.39 is 0 Å². The second kappa shape index (κ2) is 4.95. The van der Waals surface area contributed by atoms with Crippen LogP contribution in [0.15, 0.2) is 41.0 Å². The topological polar surface area (TPSA) is 43.1 Å². The fourth-order valence-electron chi connectivity index (χ4n) is 1.48. The lowest BCUT2D eigenvalue weighted by Gasteiger charge is -1.99. The van der Waals surface area contributed by atoms with Gasteiger partial charge >= 0.3 is 0 Å². The Labute approximate surface area is 100 Å². The van der Waals surface area contributed by atoms with Gasteiger partial charge in [0.05, 0.1) is 12.1 Å². The van der Waals surface area contributed by atoms with E-state index in [1.165, 1.54) is 0 Å². The van der Waals surface area contributed by atoms with Gasteiger partial charge < -0.3 is 4.42 Å². The highest BCUT2D eigenvalue weighted by atomic mass is 16.3. The highest BCUT2D eigenvalue weighted by Gasteiger charge is 2.12. The normalized spacial score (nSPS) is 10.8. The third-order valence-electron chi connectivity index (χ3n) is 2.57. The molecule has 2 rings (SSSR count). The average molecular weight is 229 g/mol. The van der Waals surface area contributed by atoms with Gasteiger partial charge in [-0.25, -0.2) is 4.98 Å². The Balaban J connectivity index is 2.14. The molecule has 0 amide bonds. The molecule has 0 aliphatic rings. The molecule has 17 heavy (non-hydrogen) atoms. The Hall–Kier alpha value is -1.90. The number of carbonyl (C=O) groups excluding carboxylic acids is 1. The molecule has 3 nitrogen and oxygen atoms in total. The average Bonchev–Trinajstić information content (AvgIpc) is 2.78. The summed E-state index contributed by atoms with van der Waals surface area (Å²) in [5, 5.41) is 0. The van der Waals surface area contributed by atoms with E-state index in [1.54, 1.807) is 6.26 Å². The smallest absolute Gasteiger partial charge is 0.226 e. The molecule has 0 aliphatic heterocycles. The highest BCUT2D eigenvalue weighted by Crippen LogP contribution is 2.18. The van der Waals surface area contributed by atoms with Crippen LogP contribution in [-0.2, 0) is 11.2 Å². The zero-order chi connectivity index (χ0) is 12.3. The van der Waals surface area contributed by atoms with Crippen LogP contribution in [0.2, 0.25) is 0 Å². The van der Waals surface area contributed by atoms with Crippen molar-refractivity contribution in [2.45, 2.75) is 20.3 Å². The first kappa shape index (κ1) is 11.6.